The van der Waals surface area contributed by atoms with Crippen LogP contribution in [-0.4, -0.2) is 29.2 Å². The van der Waals surface area contributed by atoms with Crippen molar-refractivity contribution in [1.82, 2.24) is 4.90 Å². The van der Waals surface area contributed by atoms with Crippen molar-refractivity contribution in [2.45, 2.75) is 32.4 Å². The fourth-order valence-electron chi connectivity index (χ4n) is 1.08. The standard InChI is InChI=1S/C8H12N2O2/c1-8(2,3)10-5-6(4-9)12-7(10)11/h6H,5H2,1-3H3. The average Bonchev–Trinajstić information content (AvgIpc) is 2.29. The molecular formula is C8H12N2O2. The third-order valence-electron chi connectivity index (χ3n) is 1.77. The summed E-state index contributed by atoms with van der Waals surface area (Å²) in [7, 11) is 0. The van der Waals surface area contributed by atoms with Crippen molar-refractivity contribution in [2.24, 2.45) is 0 Å². The largest absolute Gasteiger partial charge is 0.429 e. The second-order valence-corrected chi connectivity index (χ2v) is 3.78. The molecule has 12 heavy (non-hydrogen) atoms. The van der Waals surface area contributed by atoms with Gasteiger partial charge >= 0.3 is 6.09 Å². The third-order valence-corrected chi connectivity index (χ3v) is 1.77. The number of hydrogen-bond acceptors (Lipinski definition) is 3. The van der Waals surface area contributed by atoms with E-state index in [2.05, 4.69) is 0 Å². The molecule has 1 aliphatic rings. The molecule has 1 saturated heterocycles. The summed E-state index contributed by atoms with van der Waals surface area (Å²) < 4.78 is 4.78. The molecule has 1 heterocycles. The molecule has 0 aromatic rings. The number of amides is 1. The van der Waals surface area contributed by atoms with Crippen LogP contribution in [0.15, 0.2) is 0 Å². The lowest BCUT2D eigenvalue weighted by Crippen LogP contribution is -2.42. The van der Waals surface area contributed by atoms with Crippen LogP contribution < -0.4 is 0 Å². The Morgan fingerprint density at radius 1 is 1.67 bits per heavy atom. The van der Waals surface area contributed by atoms with Crippen LogP contribution in [0.1, 0.15) is 20.8 Å². The maximum Gasteiger partial charge on any atom is 0.411 e. The fraction of sp³-hybridized carbons (Fsp3) is 0.750. The molecule has 1 amide bonds. The minimum absolute atomic E-state index is 0.261. The molecule has 4 heteroatoms. The normalized spacial score (nSPS) is 23.7. The van der Waals surface area contributed by atoms with E-state index in [-0.39, 0.29) is 5.54 Å². The number of carbonyl (C=O) groups excluding carboxylic acids is 1. The van der Waals surface area contributed by atoms with E-state index in [9.17, 15) is 4.79 Å². The Labute approximate surface area is 71.7 Å². The van der Waals surface area contributed by atoms with Crippen LogP contribution >= 0.6 is 0 Å². The third kappa shape index (κ3) is 1.50. The number of ether oxygens (including phenoxy) is 1. The minimum Gasteiger partial charge on any atom is -0.429 e. The van der Waals surface area contributed by atoms with Crippen LogP contribution in [0.5, 0.6) is 0 Å². The highest BCUT2D eigenvalue weighted by Crippen LogP contribution is 2.21. The molecule has 0 aromatic heterocycles. The van der Waals surface area contributed by atoms with Gasteiger partial charge in [-0.1, -0.05) is 0 Å². The first kappa shape index (κ1) is 8.85. The van der Waals surface area contributed by atoms with Crippen molar-refractivity contribution in [3.8, 4) is 6.07 Å². The van der Waals surface area contributed by atoms with Gasteiger partial charge in [0.15, 0.2) is 0 Å². The Morgan fingerprint density at radius 3 is 2.50 bits per heavy atom. The van der Waals surface area contributed by atoms with E-state index >= 15 is 0 Å². The Balaban J connectivity index is 2.72. The fourth-order valence-corrected chi connectivity index (χ4v) is 1.08. The Kier molecular flexibility index (Phi) is 1.97. The van der Waals surface area contributed by atoms with Gasteiger partial charge in [0.05, 0.1) is 6.54 Å². The summed E-state index contributed by atoms with van der Waals surface area (Å²) in [6.07, 6.45) is -0.995. The monoisotopic (exact) mass is 168 g/mol. The van der Waals surface area contributed by atoms with E-state index in [0.29, 0.717) is 6.54 Å². The predicted molar refractivity (Wildman–Crippen MR) is 42.3 cm³/mol. The van der Waals surface area contributed by atoms with Gasteiger partial charge in [0.2, 0.25) is 6.10 Å². The molecule has 0 saturated carbocycles. The molecule has 1 rings (SSSR count). The maximum absolute atomic E-state index is 11.1. The molecule has 4 nitrogen and oxygen atoms in total. The van der Waals surface area contributed by atoms with Crippen molar-refractivity contribution in [2.75, 3.05) is 6.54 Å². The number of nitrogens with zero attached hydrogens (tertiary/aromatic N) is 2. The Bertz CT molecular complexity index is 236. The SMILES string of the molecule is CC(C)(C)N1CC(C#N)OC1=O. The van der Waals surface area contributed by atoms with Crippen molar-refractivity contribution >= 4 is 6.09 Å². The van der Waals surface area contributed by atoms with E-state index in [1.165, 1.54) is 0 Å². The average molecular weight is 168 g/mol. The molecule has 1 fully saturated rings. The van der Waals surface area contributed by atoms with Gasteiger partial charge in [-0.2, -0.15) is 5.26 Å². The lowest BCUT2D eigenvalue weighted by molar-refractivity contribution is 0.127. The highest BCUT2D eigenvalue weighted by atomic mass is 16.6. The van der Waals surface area contributed by atoms with Crippen LogP contribution in [0.2, 0.25) is 0 Å². The summed E-state index contributed by atoms with van der Waals surface area (Å²) in [5.41, 5.74) is -0.261. The molecular weight excluding hydrogens is 156 g/mol. The van der Waals surface area contributed by atoms with E-state index in [1.807, 2.05) is 26.8 Å². The van der Waals surface area contributed by atoms with Gasteiger partial charge in [0, 0.05) is 5.54 Å². The Morgan fingerprint density at radius 2 is 2.25 bits per heavy atom. The topological polar surface area (TPSA) is 53.3 Å². The van der Waals surface area contributed by atoms with E-state index in [0.717, 1.165) is 0 Å². The van der Waals surface area contributed by atoms with E-state index in [4.69, 9.17) is 10.00 Å². The number of carbonyl (C=O) groups is 1. The summed E-state index contributed by atoms with van der Waals surface area (Å²) in [6, 6.07) is 1.91. The highest BCUT2D eigenvalue weighted by molar-refractivity contribution is 5.71. The maximum atomic E-state index is 11.1. The van der Waals surface area contributed by atoms with E-state index in [1.54, 1.807) is 4.90 Å². The zero-order valence-corrected chi connectivity index (χ0v) is 7.50. The van der Waals surface area contributed by atoms with Crippen LogP contribution in [0.4, 0.5) is 4.79 Å². The summed E-state index contributed by atoms with van der Waals surface area (Å²) in [5, 5.41) is 8.51. The highest BCUT2D eigenvalue weighted by Gasteiger charge is 2.37. The molecule has 66 valence electrons. The van der Waals surface area contributed by atoms with Crippen LogP contribution in [-0.2, 0) is 4.74 Å². The van der Waals surface area contributed by atoms with Crippen LogP contribution in [0, 0.1) is 11.3 Å². The van der Waals surface area contributed by atoms with Gasteiger partial charge in [-0.3, -0.25) is 4.90 Å². The van der Waals surface area contributed by atoms with Gasteiger partial charge in [-0.15, -0.1) is 0 Å². The molecule has 1 unspecified atom stereocenters. The molecule has 0 spiro atoms. The molecule has 0 aromatic carbocycles. The second-order valence-electron chi connectivity index (χ2n) is 3.78. The quantitative estimate of drug-likeness (QED) is 0.544. The van der Waals surface area contributed by atoms with Crippen LogP contribution in [0.3, 0.4) is 0 Å². The van der Waals surface area contributed by atoms with Gasteiger partial charge in [-0.25, -0.2) is 4.79 Å². The van der Waals surface area contributed by atoms with Crippen LogP contribution in [0.25, 0.3) is 0 Å². The van der Waals surface area contributed by atoms with Crippen molar-refractivity contribution in [1.29, 1.82) is 5.26 Å². The number of nitriles is 1. The van der Waals surface area contributed by atoms with Crippen molar-refractivity contribution < 1.29 is 9.53 Å². The summed E-state index contributed by atoms with van der Waals surface area (Å²) in [5.74, 6) is 0. The molecule has 0 N–H and O–H groups in total. The molecule has 0 radical (unpaired) electrons. The summed E-state index contributed by atoms with van der Waals surface area (Å²) in [4.78, 5) is 12.7. The van der Waals surface area contributed by atoms with Gasteiger partial charge in [-0.05, 0) is 20.8 Å². The van der Waals surface area contributed by atoms with Crippen molar-refractivity contribution in [3.63, 3.8) is 0 Å². The minimum atomic E-state index is -0.600. The molecule has 0 bridgehead atoms. The lowest BCUT2D eigenvalue weighted by atomic mass is 10.1. The van der Waals surface area contributed by atoms with Gasteiger partial charge in [0.1, 0.15) is 6.07 Å². The zero-order chi connectivity index (χ0) is 9.35. The number of cyclic esters (lactones) is 1. The number of rotatable bonds is 0. The number of hydrogen-bond donors (Lipinski definition) is 0. The smallest absolute Gasteiger partial charge is 0.411 e. The molecule has 1 atom stereocenters. The first-order chi connectivity index (χ1) is 5.45. The molecule has 0 aliphatic carbocycles. The zero-order valence-electron chi connectivity index (χ0n) is 7.50. The second kappa shape index (κ2) is 2.67. The Hall–Kier alpha value is -1.24. The van der Waals surface area contributed by atoms with E-state index < -0.39 is 12.2 Å². The summed E-state index contributed by atoms with van der Waals surface area (Å²) >= 11 is 0. The predicted octanol–water partition coefficient (Wildman–Crippen LogP) is 1.13. The first-order valence-electron chi connectivity index (χ1n) is 3.83. The van der Waals surface area contributed by atoms with Gasteiger partial charge < -0.3 is 4.74 Å². The first-order valence-corrected chi connectivity index (χ1v) is 3.83. The van der Waals surface area contributed by atoms with Crippen molar-refractivity contribution in [3.05, 3.63) is 0 Å². The lowest BCUT2D eigenvalue weighted by Gasteiger charge is -2.28. The summed E-state index contributed by atoms with van der Waals surface area (Å²) in [6.45, 7) is 6.11. The molecule has 1 aliphatic heterocycles. The van der Waals surface area contributed by atoms with Gasteiger partial charge in [0.25, 0.3) is 0 Å².